The van der Waals surface area contributed by atoms with Gasteiger partial charge in [-0.15, -0.1) is 0 Å². The molecule has 0 radical (unpaired) electrons. The maximum atomic E-state index is 13.7. The lowest BCUT2D eigenvalue weighted by Crippen LogP contribution is -2.43. The number of hydrogen-bond donors (Lipinski definition) is 1. The SMILES string of the molecule is CCN(CC)C(=O)C1=C(C)N=c2s/c(=C/c3cc(Br)cc(Br)c3O)c(=O)n2[C@@H]1c1ccc(Cl)cc1. The topological polar surface area (TPSA) is 74.9 Å². The number of thiazole rings is 1. The number of aromatic hydroxyl groups is 1. The van der Waals surface area contributed by atoms with E-state index in [0.717, 1.165) is 10.0 Å². The van der Waals surface area contributed by atoms with Gasteiger partial charge < -0.3 is 10.0 Å². The molecule has 0 bridgehead atoms. The molecule has 182 valence electrons. The average Bonchev–Trinajstić information content (AvgIpc) is 3.12. The molecule has 1 aliphatic rings. The fourth-order valence-corrected chi connectivity index (χ4v) is 6.50. The molecule has 0 saturated carbocycles. The summed E-state index contributed by atoms with van der Waals surface area (Å²) in [5, 5.41) is 11.1. The molecular formula is C25H22Br2ClN3O3S. The quantitative estimate of drug-likeness (QED) is 0.428. The maximum absolute atomic E-state index is 13.7. The standard InChI is InChI=1S/C25H22Br2ClN3O3S/c1-4-30(5-2)24(34)20-13(3)29-25-31(21(20)14-6-8-17(28)9-7-14)23(33)19(35-25)11-15-10-16(26)12-18(27)22(15)32/h6-12,21,32H,4-5H2,1-3H3/b19-11+/t21-/m1/s1. The Morgan fingerprint density at radius 1 is 1.23 bits per heavy atom. The number of carbonyl (C=O) groups excluding carboxylic acids is 1. The molecule has 1 N–H and O–H groups in total. The van der Waals surface area contributed by atoms with Gasteiger partial charge in [0.15, 0.2) is 4.80 Å². The Morgan fingerprint density at radius 2 is 1.89 bits per heavy atom. The van der Waals surface area contributed by atoms with Crippen LogP contribution < -0.4 is 14.9 Å². The first kappa shape index (κ1) is 25.9. The summed E-state index contributed by atoms with van der Waals surface area (Å²) in [7, 11) is 0. The minimum absolute atomic E-state index is 0.0295. The highest BCUT2D eigenvalue weighted by atomic mass is 79.9. The molecule has 0 spiro atoms. The molecule has 1 aliphatic heterocycles. The molecule has 0 fully saturated rings. The van der Waals surface area contributed by atoms with E-state index in [1.807, 2.05) is 26.0 Å². The van der Waals surface area contributed by atoms with Gasteiger partial charge in [-0.2, -0.15) is 0 Å². The van der Waals surface area contributed by atoms with Gasteiger partial charge in [0.05, 0.1) is 26.3 Å². The Labute approximate surface area is 228 Å². The summed E-state index contributed by atoms with van der Waals surface area (Å²) in [4.78, 5) is 34.2. The summed E-state index contributed by atoms with van der Waals surface area (Å²) in [6.07, 6.45) is 1.64. The highest BCUT2D eigenvalue weighted by Gasteiger charge is 2.34. The summed E-state index contributed by atoms with van der Waals surface area (Å²) < 4.78 is 3.22. The minimum Gasteiger partial charge on any atom is -0.506 e. The van der Waals surface area contributed by atoms with Gasteiger partial charge in [0, 0.05) is 28.1 Å². The molecule has 10 heteroatoms. The van der Waals surface area contributed by atoms with Crippen LogP contribution in [0.4, 0.5) is 0 Å². The minimum atomic E-state index is -0.651. The third kappa shape index (κ3) is 4.91. The first-order valence-electron chi connectivity index (χ1n) is 10.9. The van der Waals surface area contributed by atoms with Crippen LogP contribution in [0.1, 0.15) is 37.9 Å². The number of phenols is 1. The Morgan fingerprint density at radius 3 is 2.51 bits per heavy atom. The van der Waals surface area contributed by atoms with Crippen LogP contribution >= 0.6 is 54.8 Å². The van der Waals surface area contributed by atoms with Crippen molar-refractivity contribution in [2.24, 2.45) is 4.99 Å². The number of allylic oxidation sites excluding steroid dienone is 1. The number of carbonyl (C=O) groups is 1. The van der Waals surface area contributed by atoms with Crippen molar-refractivity contribution in [3.8, 4) is 5.75 Å². The van der Waals surface area contributed by atoms with Crippen molar-refractivity contribution in [1.82, 2.24) is 9.47 Å². The summed E-state index contributed by atoms with van der Waals surface area (Å²) in [5.74, 6) is -0.124. The van der Waals surface area contributed by atoms with Crippen LogP contribution in [0.25, 0.3) is 6.08 Å². The number of phenolic OH excluding ortho intramolecular Hbond substituents is 1. The van der Waals surface area contributed by atoms with Crippen LogP contribution in [0.2, 0.25) is 5.02 Å². The van der Waals surface area contributed by atoms with Crippen molar-refractivity contribution in [1.29, 1.82) is 0 Å². The highest BCUT2D eigenvalue weighted by molar-refractivity contribution is 9.11. The molecule has 4 rings (SSSR count). The van der Waals surface area contributed by atoms with Gasteiger partial charge in [0.2, 0.25) is 0 Å². The first-order chi connectivity index (χ1) is 16.7. The summed E-state index contributed by atoms with van der Waals surface area (Å²) >= 11 is 14.1. The van der Waals surface area contributed by atoms with Crippen molar-refractivity contribution in [3.63, 3.8) is 0 Å². The van der Waals surface area contributed by atoms with E-state index in [2.05, 4.69) is 36.9 Å². The number of nitrogens with zero attached hydrogens (tertiary/aromatic N) is 3. The monoisotopic (exact) mass is 637 g/mol. The molecule has 2 aromatic carbocycles. The number of fused-ring (bicyclic) bond motifs is 1. The van der Waals surface area contributed by atoms with E-state index in [1.54, 1.807) is 46.7 Å². The van der Waals surface area contributed by atoms with Crippen molar-refractivity contribution in [2.45, 2.75) is 26.8 Å². The van der Waals surface area contributed by atoms with Gasteiger partial charge in [-0.25, -0.2) is 4.99 Å². The smallest absolute Gasteiger partial charge is 0.271 e. The Bertz CT molecular complexity index is 1520. The van der Waals surface area contributed by atoms with Crippen LogP contribution in [0, 0.1) is 0 Å². The molecule has 6 nitrogen and oxygen atoms in total. The van der Waals surface area contributed by atoms with E-state index in [9.17, 15) is 14.7 Å². The van der Waals surface area contributed by atoms with E-state index < -0.39 is 6.04 Å². The zero-order chi connectivity index (χ0) is 25.4. The van der Waals surface area contributed by atoms with Crippen LogP contribution in [0.15, 0.2) is 66.4 Å². The molecule has 3 aromatic rings. The summed E-state index contributed by atoms with van der Waals surface area (Å²) in [6.45, 7) is 6.73. The predicted octanol–water partition coefficient (Wildman–Crippen LogP) is 4.99. The van der Waals surface area contributed by atoms with Gasteiger partial charge in [-0.05, 0) is 72.6 Å². The predicted molar refractivity (Wildman–Crippen MR) is 147 cm³/mol. The van der Waals surface area contributed by atoms with Gasteiger partial charge in [-0.1, -0.05) is 51.0 Å². The van der Waals surface area contributed by atoms with Gasteiger partial charge in [0.25, 0.3) is 11.5 Å². The zero-order valence-electron chi connectivity index (χ0n) is 19.2. The normalized spacial score (nSPS) is 15.7. The third-order valence-electron chi connectivity index (χ3n) is 5.83. The molecule has 0 saturated heterocycles. The van der Waals surface area contributed by atoms with Crippen LogP contribution in [-0.2, 0) is 4.79 Å². The van der Waals surface area contributed by atoms with Crippen LogP contribution in [-0.4, -0.2) is 33.6 Å². The Balaban J connectivity index is 1.99. The number of rotatable bonds is 5. The second-order valence-electron chi connectivity index (χ2n) is 7.94. The number of halogens is 3. The maximum Gasteiger partial charge on any atom is 0.271 e. The van der Waals surface area contributed by atoms with Crippen LogP contribution in [0.5, 0.6) is 5.75 Å². The number of aromatic nitrogens is 1. The van der Waals surface area contributed by atoms with Gasteiger partial charge in [0.1, 0.15) is 5.75 Å². The number of hydrogen-bond acceptors (Lipinski definition) is 5. The first-order valence-corrected chi connectivity index (χ1v) is 13.7. The number of likely N-dealkylation sites (N-methyl/N-ethyl adjacent to an activating group) is 1. The largest absolute Gasteiger partial charge is 0.506 e. The van der Waals surface area contributed by atoms with E-state index >= 15 is 0 Å². The fourth-order valence-electron chi connectivity index (χ4n) is 4.07. The van der Waals surface area contributed by atoms with Gasteiger partial charge in [-0.3, -0.25) is 14.2 Å². The number of amides is 1. The molecule has 1 atom stereocenters. The van der Waals surface area contributed by atoms with Crippen molar-refractivity contribution < 1.29 is 9.90 Å². The van der Waals surface area contributed by atoms with E-state index in [-0.39, 0.29) is 17.2 Å². The van der Waals surface area contributed by atoms with Gasteiger partial charge >= 0.3 is 0 Å². The van der Waals surface area contributed by atoms with Crippen molar-refractivity contribution in [2.75, 3.05) is 13.1 Å². The molecule has 2 heterocycles. The highest BCUT2D eigenvalue weighted by Crippen LogP contribution is 2.33. The van der Waals surface area contributed by atoms with E-state index in [1.165, 1.54) is 11.3 Å². The van der Waals surface area contributed by atoms with Crippen LogP contribution in [0.3, 0.4) is 0 Å². The third-order valence-corrected chi connectivity index (χ3v) is 8.13. The van der Waals surface area contributed by atoms with Crippen molar-refractivity contribution in [3.05, 3.63) is 92.5 Å². The lowest BCUT2D eigenvalue weighted by molar-refractivity contribution is -0.127. The Hall–Kier alpha value is -2.20. The number of benzene rings is 2. The lowest BCUT2D eigenvalue weighted by atomic mass is 9.94. The lowest BCUT2D eigenvalue weighted by Gasteiger charge is -2.29. The summed E-state index contributed by atoms with van der Waals surface area (Å²) in [6, 6.07) is 9.96. The molecule has 1 aromatic heterocycles. The summed E-state index contributed by atoms with van der Waals surface area (Å²) in [5.41, 5.74) is 1.99. The molecule has 0 aliphatic carbocycles. The molecular weight excluding hydrogens is 618 g/mol. The molecule has 0 unspecified atom stereocenters. The second kappa shape index (κ2) is 10.4. The molecule has 35 heavy (non-hydrogen) atoms. The van der Waals surface area contributed by atoms with E-state index in [0.29, 0.717) is 48.8 Å². The zero-order valence-corrected chi connectivity index (χ0v) is 23.9. The average molecular weight is 640 g/mol. The second-order valence-corrected chi connectivity index (χ2v) is 11.2. The Kier molecular flexibility index (Phi) is 7.71. The molecule has 1 amide bonds. The van der Waals surface area contributed by atoms with E-state index in [4.69, 9.17) is 11.6 Å². The van der Waals surface area contributed by atoms with Crippen molar-refractivity contribution >= 4 is 66.8 Å². The fraction of sp³-hybridized carbons (Fsp3) is 0.240.